The molecular formula is C64H96O18. The number of hydrogen-bond acceptors (Lipinski definition) is 18. The first-order valence-electron chi connectivity index (χ1n) is 31.3. The summed E-state index contributed by atoms with van der Waals surface area (Å²) in [5, 5.41) is 0. The Kier molecular flexibility index (Phi) is 17.8. The summed E-state index contributed by atoms with van der Waals surface area (Å²) in [6, 6.07) is 0. The highest BCUT2D eigenvalue weighted by Crippen LogP contribution is 2.61. The summed E-state index contributed by atoms with van der Waals surface area (Å²) >= 11 is 0. The highest BCUT2D eigenvalue weighted by atomic mass is 16.6. The lowest BCUT2D eigenvalue weighted by molar-refractivity contribution is -0.176. The number of esters is 8. The SMILES string of the molecule is CCC(C)(C)C(=O)OC1C(C)C2CC1C1COC(=O)C21.CCC(C)(C)C(=O)OC1C2CC(C1OC)C1C(=O)OCC21.CCC(C)(C)C(=O)OC1CC2CC1C1C(=O)OCC21.CCOC1C2CC(C3COC(=O)C32)C1OC(=O)C(C)(C)CC. The molecule has 23 unspecified atom stereocenters. The van der Waals surface area contributed by atoms with E-state index in [1.165, 1.54) is 0 Å². The van der Waals surface area contributed by atoms with Crippen LogP contribution in [0.25, 0.3) is 0 Å². The van der Waals surface area contributed by atoms with Crippen molar-refractivity contribution >= 4 is 47.8 Å². The Balaban J connectivity index is 0.000000132. The zero-order chi connectivity index (χ0) is 59.9. The van der Waals surface area contributed by atoms with Gasteiger partial charge in [0.15, 0.2) is 0 Å². The molecule has 12 rings (SSSR count). The third-order valence-electron chi connectivity index (χ3n) is 23.2. The summed E-state index contributed by atoms with van der Waals surface area (Å²) in [5.41, 5.74) is -1.83. The van der Waals surface area contributed by atoms with Crippen LogP contribution in [0, 0.1) is 122 Å². The molecule has 460 valence electrons. The molecule has 82 heavy (non-hydrogen) atoms. The Morgan fingerprint density at radius 2 is 0.744 bits per heavy atom. The number of ether oxygens (including phenoxy) is 10. The smallest absolute Gasteiger partial charge is 0.311 e. The Morgan fingerprint density at radius 3 is 1.16 bits per heavy atom. The van der Waals surface area contributed by atoms with E-state index in [1.807, 2.05) is 90.0 Å². The predicted molar refractivity (Wildman–Crippen MR) is 294 cm³/mol. The van der Waals surface area contributed by atoms with E-state index in [2.05, 4.69) is 6.92 Å². The molecule has 8 aliphatic carbocycles. The third kappa shape index (κ3) is 10.9. The molecule has 8 saturated carbocycles. The quantitative estimate of drug-likeness (QED) is 0.110. The van der Waals surface area contributed by atoms with Crippen molar-refractivity contribution in [1.29, 1.82) is 0 Å². The lowest BCUT2D eigenvalue weighted by atomic mass is 9.74. The van der Waals surface area contributed by atoms with Gasteiger partial charge in [-0.05, 0) is 138 Å². The van der Waals surface area contributed by atoms with E-state index in [1.54, 1.807) is 7.11 Å². The Labute approximate surface area is 485 Å². The van der Waals surface area contributed by atoms with Crippen molar-refractivity contribution in [3.8, 4) is 0 Å². The fourth-order valence-corrected chi connectivity index (χ4v) is 16.5. The third-order valence-corrected chi connectivity index (χ3v) is 23.2. The predicted octanol–water partition coefficient (Wildman–Crippen LogP) is 8.54. The van der Waals surface area contributed by atoms with E-state index in [9.17, 15) is 38.4 Å². The van der Waals surface area contributed by atoms with E-state index in [-0.39, 0.29) is 161 Å². The zero-order valence-corrected chi connectivity index (χ0v) is 51.5. The van der Waals surface area contributed by atoms with Gasteiger partial charge in [0.25, 0.3) is 0 Å². The molecule has 0 radical (unpaired) electrons. The molecule has 4 aliphatic heterocycles. The van der Waals surface area contributed by atoms with Gasteiger partial charge in [-0.2, -0.15) is 0 Å². The van der Waals surface area contributed by atoms with Crippen molar-refractivity contribution in [2.45, 2.75) is 191 Å². The van der Waals surface area contributed by atoms with E-state index < -0.39 is 21.7 Å². The highest BCUT2D eigenvalue weighted by molar-refractivity contribution is 5.80. The van der Waals surface area contributed by atoms with Gasteiger partial charge in [0.1, 0.15) is 24.4 Å². The molecule has 0 spiro atoms. The van der Waals surface area contributed by atoms with Gasteiger partial charge in [0.05, 0.1) is 84.0 Å². The van der Waals surface area contributed by atoms with Crippen molar-refractivity contribution in [1.82, 2.24) is 0 Å². The van der Waals surface area contributed by atoms with Crippen LogP contribution in [0.15, 0.2) is 0 Å². The summed E-state index contributed by atoms with van der Waals surface area (Å²) in [4.78, 5) is 96.7. The van der Waals surface area contributed by atoms with Crippen LogP contribution in [-0.2, 0) is 85.7 Å². The molecule has 18 heteroatoms. The molecule has 12 fully saturated rings. The number of hydrogen-bond donors (Lipinski definition) is 0. The first-order chi connectivity index (χ1) is 38.6. The maximum Gasteiger partial charge on any atom is 0.311 e. The minimum atomic E-state index is -0.486. The lowest BCUT2D eigenvalue weighted by Gasteiger charge is -2.36. The van der Waals surface area contributed by atoms with Crippen molar-refractivity contribution in [2.24, 2.45) is 122 Å². The fraction of sp³-hybridized carbons (Fsp3) is 0.875. The normalized spacial score (nSPS) is 40.8. The van der Waals surface area contributed by atoms with Gasteiger partial charge < -0.3 is 47.4 Å². The zero-order valence-electron chi connectivity index (χ0n) is 51.5. The molecule has 23 atom stereocenters. The molecule has 0 aromatic heterocycles. The number of rotatable bonds is 15. The van der Waals surface area contributed by atoms with E-state index in [0.29, 0.717) is 56.7 Å². The number of carbonyl (C=O) groups excluding carboxylic acids is 8. The van der Waals surface area contributed by atoms with Crippen molar-refractivity contribution in [3.05, 3.63) is 0 Å². The fourth-order valence-electron chi connectivity index (χ4n) is 16.5. The van der Waals surface area contributed by atoms with Gasteiger partial charge in [-0.3, -0.25) is 38.4 Å². The largest absolute Gasteiger partial charge is 0.465 e. The van der Waals surface area contributed by atoms with E-state index >= 15 is 0 Å². The minimum Gasteiger partial charge on any atom is -0.465 e. The summed E-state index contributed by atoms with van der Waals surface area (Å²) in [6.07, 6.45) is 6.81. The second-order valence-electron chi connectivity index (χ2n) is 28.8. The molecule has 4 heterocycles. The van der Waals surface area contributed by atoms with Crippen LogP contribution in [0.1, 0.15) is 155 Å². The van der Waals surface area contributed by atoms with E-state index in [0.717, 1.165) is 57.8 Å². The van der Waals surface area contributed by atoms with Gasteiger partial charge in [-0.15, -0.1) is 0 Å². The van der Waals surface area contributed by atoms with Crippen LogP contribution < -0.4 is 0 Å². The van der Waals surface area contributed by atoms with Gasteiger partial charge >= 0.3 is 47.8 Å². The molecule has 12 aliphatic rings. The molecule has 0 aromatic rings. The van der Waals surface area contributed by atoms with Crippen LogP contribution in [0.5, 0.6) is 0 Å². The summed E-state index contributed by atoms with van der Waals surface area (Å²) < 4.78 is 55.5. The first-order valence-corrected chi connectivity index (χ1v) is 31.3. The monoisotopic (exact) mass is 1150 g/mol. The second-order valence-corrected chi connectivity index (χ2v) is 28.8. The van der Waals surface area contributed by atoms with E-state index in [4.69, 9.17) is 47.4 Å². The molecular weight excluding hydrogens is 1060 g/mol. The minimum absolute atomic E-state index is 0.0127. The van der Waals surface area contributed by atoms with Crippen molar-refractivity contribution < 1.29 is 85.7 Å². The summed E-state index contributed by atoms with van der Waals surface area (Å²) in [6.45, 7) is 29.9. The number of methoxy groups -OCH3 is 1. The number of carbonyl (C=O) groups is 8. The average Bonchev–Trinajstić information content (AvgIpc) is 2.64. The molecule has 0 N–H and O–H groups in total. The molecule has 0 aromatic carbocycles. The highest BCUT2D eigenvalue weighted by Gasteiger charge is 2.68. The van der Waals surface area contributed by atoms with Crippen LogP contribution in [-0.4, -0.2) is 125 Å². The average molecular weight is 1150 g/mol. The van der Waals surface area contributed by atoms with Crippen molar-refractivity contribution in [2.75, 3.05) is 40.1 Å². The molecule has 4 saturated heterocycles. The van der Waals surface area contributed by atoms with Crippen molar-refractivity contribution in [3.63, 3.8) is 0 Å². The maximum atomic E-state index is 12.5. The Hall–Kier alpha value is -4.32. The topological polar surface area (TPSA) is 229 Å². The summed E-state index contributed by atoms with van der Waals surface area (Å²) in [7, 11) is 1.63. The van der Waals surface area contributed by atoms with Crippen LogP contribution in [0.4, 0.5) is 0 Å². The van der Waals surface area contributed by atoms with Gasteiger partial charge in [0.2, 0.25) is 0 Å². The number of fused-ring (bicyclic) bond motifs is 20. The molecule has 8 bridgehead atoms. The maximum absolute atomic E-state index is 12.5. The molecule has 18 nitrogen and oxygen atoms in total. The second kappa shape index (κ2) is 23.5. The molecule has 0 amide bonds. The van der Waals surface area contributed by atoms with Gasteiger partial charge in [-0.1, -0.05) is 34.6 Å². The summed E-state index contributed by atoms with van der Waals surface area (Å²) in [5.74, 6) is 2.32. The Bertz CT molecular complexity index is 2450. The first kappa shape index (κ1) is 62.2. The lowest BCUT2D eigenvalue weighted by Crippen LogP contribution is -2.47. The Morgan fingerprint density at radius 1 is 0.402 bits per heavy atom. The van der Waals surface area contributed by atoms with Crippen LogP contribution in [0.2, 0.25) is 0 Å². The number of cyclic esters (lactones) is 4. The van der Waals surface area contributed by atoms with Gasteiger partial charge in [0, 0.05) is 72.9 Å². The standard InChI is InChI=1S/C17H26O5.C16H24O5.C16H24O4.C15H22O4/c1-5-17(3,4)16(19)22-14-9-7-10(13(14)20-6-2)12-11(9)8-21-15(12)18;1-5-16(2,3)15(18)21-13-8-6-9(12(13)19-4)11-10(8)7-20-14(11)17;1-5-16(3,4)15(18)20-13-8(2)9-6-10(13)11-7-19-14(17)12(9)11;1-4-15(2,3)14(17)19-11-6-8-5-9(11)12-10(8)7-18-13(12)16/h9-14H,5-8H2,1-4H3;8-13H,5-7H2,1-4H3;8-13H,5-7H2,1-4H3;8-12H,4-7H2,1-3H3. The van der Waals surface area contributed by atoms with Crippen LogP contribution in [0.3, 0.4) is 0 Å². The van der Waals surface area contributed by atoms with Gasteiger partial charge in [-0.25, -0.2) is 0 Å². The van der Waals surface area contributed by atoms with Crippen LogP contribution >= 0.6 is 0 Å².